The zero-order valence-electron chi connectivity index (χ0n) is 38.5. The summed E-state index contributed by atoms with van der Waals surface area (Å²) in [6, 6.07) is 11.9. The zero-order chi connectivity index (χ0) is 44.7. The van der Waals surface area contributed by atoms with Gasteiger partial charge in [0, 0.05) is 17.8 Å². The first kappa shape index (κ1) is 29.0. The molecular weight excluding hydrogens is 897 g/mol. The lowest BCUT2D eigenvalue weighted by atomic mass is 9.50. The molecule has 4 aliphatic carbocycles. The van der Waals surface area contributed by atoms with Crippen molar-refractivity contribution in [1.82, 2.24) is 0 Å². The molecule has 2 nitrogen and oxygen atoms in total. The van der Waals surface area contributed by atoms with Crippen molar-refractivity contribution >= 4 is 297 Å². The van der Waals surface area contributed by atoms with Gasteiger partial charge in [0.2, 0.25) is 0 Å². The number of carbonyl (C=O) groups excluding carboxylic acids is 1. The molecule has 316 valence electrons. The molecule has 0 aliphatic heterocycles. The van der Waals surface area contributed by atoms with Crippen LogP contribution in [-0.2, 0) is 14.9 Å². The van der Waals surface area contributed by atoms with Crippen molar-refractivity contribution in [1.29, 1.82) is 0 Å². The predicted octanol–water partition coefficient (Wildman–Crippen LogP) is 19.3. The normalized spacial score (nSPS) is 20.6. The molecule has 0 bridgehead atoms. The molecule has 0 radical (unpaired) electrons. The number of rotatable bonds is 6. The summed E-state index contributed by atoms with van der Waals surface area (Å²) in [5.41, 5.74) is 7.86. The Morgan fingerprint density at radius 1 is 0.351 bits per heavy atom. The lowest BCUT2D eigenvalue weighted by molar-refractivity contribution is -0.140. The first-order valence-electron chi connectivity index (χ1n) is 27.7. The van der Waals surface area contributed by atoms with Gasteiger partial charge in [-0.2, -0.15) is 0 Å². The standard InChI is InChI=1S/C72H16O2/c1-74-12(73)9-5-8-11(10-6-3-2-4-7-10)72-69-65-59-45-37-29-17-14-13-15-18(17)30-32-28-22(15)24-20-16(13)19-23-21(14)27-31(29)43(45)51-49-35(27)33(23)41-39-25(19)26(20)40-42-34(24)36(28)50-52-44(32)46(38(30)37)60(59)66(69)62(52)64-56(50)54(42)58-48(40)47(39)57-53(41)55(49)63(61(51)65)70(72)67(57)68(58)71(64)72/h2-4,6-7,11,69H,5,8-9H2,1H3. The molecule has 74 heavy (non-hydrogen) atoms. The number of esters is 1. The highest BCUT2D eigenvalue weighted by molar-refractivity contribution is 6.82. The molecule has 29 aromatic rings. The van der Waals surface area contributed by atoms with E-state index in [2.05, 4.69) is 30.3 Å². The van der Waals surface area contributed by atoms with Gasteiger partial charge >= 0.3 is 5.97 Å². The van der Waals surface area contributed by atoms with Crippen molar-refractivity contribution in [3.63, 3.8) is 0 Å². The van der Waals surface area contributed by atoms with Crippen LogP contribution >= 0.6 is 0 Å². The van der Waals surface area contributed by atoms with E-state index in [1.807, 2.05) is 0 Å². The second-order valence-corrected chi connectivity index (χ2v) is 26.6. The van der Waals surface area contributed by atoms with Gasteiger partial charge in [0.15, 0.2) is 0 Å². The number of ether oxygens (including phenoxy) is 1. The Balaban J connectivity index is 1.10. The van der Waals surface area contributed by atoms with Gasteiger partial charge in [-0.1, -0.05) is 30.3 Å². The average molecular weight is 913 g/mol. The summed E-state index contributed by atoms with van der Waals surface area (Å²) < 4.78 is 5.48. The second-order valence-electron chi connectivity index (χ2n) is 26.6. The van der Waals surface area contributed by atoms with Crippen molar-refractivity contribution in [2.45, 2.75) is 36.5 Å². The Morgan fingerprint density at radius 3 is 0.851 bits per heavy atom. The van der Waals surface area contributed by atoms with Gasteiger partial charge in [0.05, 0.1) is 7.11 Å². The summed E-state index contributed by atoms with van der Waals surface area (Å²) in [6.45, 7) is 0. The molecule has 0 N–H and O–H groups in total. The SMILES string of the molecule is COC(=O)CCCC(c1ccccc1)C12c3c4c5c6c7c8c(c9c%10c1c1c3c3c%11c4c4c5c5c7c7c%12c8c8c9c9c%10c%10c1c1c3c3c%11c%11c4c4c5c7c5c7c%12c8c8c9c9c%10c1c1c3c3c%11c4c5c4c7c8c9c1c34)C62. The molecule has 0 heterocycles. The van der Waals surface area contributed by atoms with Crippen LogP contribution in [0.1, 0.15) is 58.9 Å². The van der Waals surface area contributed by atoms with Crippen LogP contribution in [0.4, 0.5) is 0 Å². The van der Waals surface area contributed by atoms with E-state index in [0.29, 0.717) is 6.42 Å². The highest BCUT2D eigenvalue weighted by Gasteiger charge is 2.65. The maximum Gasteiger partial charge on any atom is 0.305 e. The third-order valence-corrected chi connectivity index (χ3v) is 26.0. The molecule has 0 amide bonds. The van der Waals surface area contributed by atoms with Crippen molar-refractivity contribution in [3.8, 4) is 0 Å². The Labute approximate surface area is 405 Å². The quantitative estimate of drug-likeness (QED) is 0.123. The molecule has 1 unspecified atom stereocenters. The Kier molecular flexibility index (Phi) is 2.72. The van der Waals surface area contributed by atoms with Crippen LogP contribution in [0, 0.1) is 0 Å². The van der Waals surface area contributed by atoms with Crippen molar-refractivity contribution in [2.24, 2.45) is 0 Å². The first-order chi connectivity index (χ1) is 36.8. The first-order valence-corrected chi connectivity index (χ1v) is 27.7. The van der Waals surface area contributed by atoms with Gasteiger partial charge in [-0.25, -0.2) is 0 Å². The van der Waals surface area contributed by atoms with Gasteiger partial charge in [0.1, 0.15) is 0 Å². The third-order valence-electron chi connectivity index (χ3n) is 26.0. The van der Waals surface area contributed by atoms with E-state index in [-0.39, 0.29) is 23.2 Å². The van der Waals surface area contributed by atoms with Gasteiger partial charge in [-0.3, -0.25) is 4.79 Å². The molecule has 0 spiro atoms. The minimum absolute atomic E-state index is 0.0879. The van der Waals surface area contributed by atoms with E-state index in [9.17, 15) is 4.79 Å². The number of hydrogen-bond donors (Lipinski definition) is 0. The van der Waals surface area contributed by atoms with Crippen molar-refractivity contribution < 1.29 is 9.53 Å². The number of methoxy groups -OCH3 is 1. The van der Waals surface area contributed by atoms with Crippen LogP contribution in [0.5, 0.6) is 0 Å². The molecule has 0 fully saturated rings. The summed E-state index contributed by atoms with van der Waals surface area (Å²) in [7, 11) is 1.58. The van der Waals surface area contributed by atoms with E-state index < -0.39 is 0 Å². The highest BCUT2D eigenvalue weighted by atomic mass is 16.5. The molecule has 2 heteroatoms. The van der Waals surface area contributed by atoms with Crippen LogP contribution in [-0.4, -0.2) is 13.1 Å². The van der Waals surface area contributed by atoms with Gasteiger partial charge in [0.25, 0.3) is 0 Å². The van der Waals surface area contributed by atoms with Gasteiger partial charge in [-0.05, 0) is 337 Å². The molecule has 33 rings (SSSR count). The topological polar surface area (TPSA) is 26.3 Å². The van der Waals surface area contributed by atoms with E-state index in [1.54, 1.807) is 320 Å². The van der Waals surface area contributed by atoms with Crippen LogP contribution in [0.2, 0.25) is 0 Å². The smallest absolute Gasteiger partial charge is 0.305 e. The van der Waals surface area contributed by atoms with E-state index >= 15 is 0 Å². The summed E-state index contributed by atoms with van der Waals surface area (Å²) in [4.78, 5) is 13.4. The Bertz CT molecular complexity index is 7230. The lowest BCUT2D eigenvalue weighted by Gasteiger charge is -2.50. The van der Waals surface area contributed by atoms with Gasteiger partial charge in [-0.15, -0.1) is 0 Å². The number of carbonyl (C=O) groups is 1. The molecule has 0 aromatic heterocycles. The van der Waals surface area contributed by atoms with Gasteiger partial charge < -0.3 is 4.74 Å². The summed E-state index contributed by atoms with van der Waals surface area (Å²) in [5, 5.41) is 88.3. The largest absolute Gasteiger partial charge is 0.469 e. The summed E-state index contributed by atoms with van der Waals surface area (Å²) in [6.07, 6.45) is 2.16. The predicted molar refractivity (Wildman–Crippen MR) is 310 cm³/mol. The molecule has 1 atom stereocenters. The van der Waals surface area contributed by atoms with E-state index in [4.69, 9.17) is 4.74 Å². The van der Waals surface area contributed by atoms with Crippen LogP contribution in [0.15, 0.2) is 30.3 Å². The van der Waals surface area contributed by atoms with Crippen LogP contribution < -0.4 is 0 Å². The number of hydrogen-bond acceptors (Lipinski definition) is 2. The summed E-state index contributed by atoms with van der Waals surface area (Å²) in [5.74, 6) is 0.209. The molecule has 29 aromatic carbocycles. The second kappa shape index (κ2) is 6.93. The van der Waals surface area contributed by atoms with E-state index in [1.165, 1.54) is 5.56 Å². The van der Waals surface area contributed by atoms with Crippen molar-refractivity contribution in [3.05, 3.63) is 58.1 Å². The average Bonchev–Trinajstić information content (AvgIpc) is 3.52. The zero-order valence-corrected chi connectivity index (χ0v) is 38.5. The Morgan fingerprint density at radius 2 is 0.581 bits per heavy atom. The summed E-state index contributed by atoms with van der Waals surface area (Å²) >= 11 is 0. The number of benzene rings is 19. The van der Waals surface area contributed by atoms with Crippen LogP contribution in [0.25, 0.3) is 291 Å². The minimum atomic E-state index is -0.386. The third kappa shape index (κ3) is 1.66. The molecule has 0 saturated carbocycles. The molecule has 0 saturated heterocycles. The Hall–Kier alpha value is -8.85. The fraction of sp³-hybridized carbons (Fsp3) is 0.0972. The maximum atomic E-state index is 13.4. The van der Waals surface area contributed by atoms with Crippen LogP contribution in [0.3, 0.4) is 0 Å². The minimum Gasteiger partial charge on any atom is -0.469 e. The lowest BCUT2D eigenvalue weighted by Crippen LogP contribution is -2.42. The fourth-order valence-electron chi connectivity index (χ4n) is 25.7. The highest BCUT2D eigenvalue weighted by Crippen LogP contribution is 2.85. The molecule has 4 aliphatic rings. The molecular formula is C72H16O2. The maximum absolute atomic E-state index is 13.4. The fourth-order valence-corrected chi connectivity index (χ4v) is 25.7. The van der Waals surface area contributed by atoms with Crippen molar-refractivity contribution in [2.75, 3.05) is 7.11 Å². The van der Waals surface area contributed by atoms with E-state index in [0.717, 1.165) is 12.8 Å². The monoisotopic (exact) mass is 912 g/mol.